The lowest BCUT2D eigenvalue weighted by Gasteiger charge is -2.20. The Morgan fingerprint density at radius 2 is 1.88 bits per heavy atom. The molecule has 1 rings (SSSR count). The lowest BCUT2D eigenvalue weighted by atomic mass is 10.1. The van der Waals surface area contributed by atoms with Crippen LogP contribution < -0.4 is 10.6 Å². The number of nitrogens with one attached hydrogen (secondary N) is 2. The molecule has 0 aromatic rings. The Labute approximate surface area is 96.5 Å². The van der Waals surface area contributed by atoms with Gasteiger partial charge >= 0.3 is 0 Å². The van der Waals surface area contributed by atoms with E-state index in [9.17, 15) is 9.59 Å². The maximum absolute atomic E-state index is 11.7. The van der Waals surface area contributed by atoms with Gasteiger partial charge in [-0.3, -0.25) is 9.59 Å². The lowest BCUT2D eigenvalue weighted by molar-refractivity contribution is -0.128. The minimum atomic E-state index is -0.234. The molecule has 1 saturated carbocycles. The van der Waals surface area contributed by atoms with Gasteiger partial charge in [-0.2, -0.15) is 0 Å². The predicted molar refractivity (Wildman–Crippen MR) is 62.7 cm³/mol. The molecule has 90 valence electrons. The van der Waals surface area contributed by atoms with Crippen LogP contribution in [0, 0.1) is 11.8 Å². The number of carbonyl (C=O) groups excluding carboxylic acids is 2. The molecule has 0 aromatic heterocycles. The maximum atomic E-state index is 11.7. The predicted octanol–water partition coefficient (Wildman–Crippen LogP) is 0.839. The van der Waals surface area contributed by atoms with E-state index in [-0.39, 0.29) is 29.2 Å². The van der Waals surface area contributed by atoms with Crippen LogP contribution in [0.3, 0.4) is 0 Å². The third-order valence-corrected chi connectivity index (χ3v) is 2.38. The number of hydrogen-bond donors (Lipinski definition) is 2. The minimum absolute atomic E-state index is 0.0220. The fraction of sp³-hybridized carbons (Fsp3) is 0.667. The van der Waals surface area contributed by atoms with Crippen LogP contribution in [0.4, 0.5) is 0 Å². The van der Waals surface area contributed by atoms with E-state index in [1.807, 2.05) is 20.8 Å². The summed E-state index contributed by atoms with van der Waals surface area (Å²) in [6.07, 6.45) is 2.29. The van der Waals surface area contributed by atoms with Crippen molar-refractivity contribution in [3.63, 3.8) is 0 Å². The lowest BCUT2D eigenvalue weighted by Crippen LogP contribution is -2.42. The molecule has 0 heterocycles. The van der Waals surface area contributed by atoms with E-state index in [0.717, 1.165) is 0 Å². The number of carbonyl (C=O) groups is 2. The number of hydrogen-bond acceptors (Lipinski definition) is 2. The minimum Gasteiger partial charge on any atom is -0.352 e. The summed E-state index contributed by atoms with van der Waals surface area (Å²) in [5.74, 6) is -0.369. The average Bonchev–Trinajstić information content (AvgIpc) is 2.90. The summed E-state index contributed by atoms with van der Waals surface area (Å²) in [5.41, 5.74) is -0.234. The Balaban J connectivity index is 2.36. The van der Waals surface area contributed by atoms with E-state index in [0.29, 0.717) is 13.0 Å². The average molecular weight is 224 g/mol. The van der Waals surface area contributed by atoms with Gasteiger partial charge in [0.15, 0.2) is 0 Å². The maximum Gasteiger partial charge on any atom is 0.224 e. The van der Waals surface area contributed by atoms with Gasteiger partial charge < -0.3 is 10.6 Å². The summed E-state index contributed by atoms with van der Waals surface area (Å²) >= 11 is 0. The molecule has 4 nitrogen and oxygen atoms in total. The third kappa shape index (κ3) is 3.68. The largest absolute Gasteiger partial charge is 0.352 e. The van der Waals surface area contributed by atoms with Crippen LogP contribution in [0.1, 0.15) is 27.2 Å². The van der Waals surface area contributed by atoms with Gasteiger partial charge in [-0.05, 0) is 27.2 Å². The van der Waals surface area contributed by atoms with Crippen LogP contribution in [0.25, 0.3) is 0 Å². The zero-order valence-electron chi connectivity index (χ0n) is 10.2. The first-order chi connectivity index (χ1) is 7.35. The molecule has 2 N–H and O–H groups in total. The molecule has 0 bridgehead atoms. The van der Waals surface area contributed by atoms with Crippen molar-refractivity contribution in [2.45, 2.75) is 32.7 Å². The molecule has 0 radical (unpaired) electrons. The van der Waals surface area contributed by atoms with Crippen LogP contribution in [-0.2, 0) is 9.59 Å². The third-order valence-electron chi connectivity index (χ3n) is 2.38. The molecule has 1 aliphatic rings. The van der Waals surface area contributed by atoms with Gasteiger partial charge in [-0.1, -0.05) is 6.08 Å². The van der Waals surface area contributed by atoms with Gasteiger partial charge in [-0.15, -0.1) is 6.58 Å². The van der Waals surface area contributed by atoms with Crippen LogP contribution in [0.15, 0.2) is 12.7 Å². The second-order valence-electron chi connectivity index (χ2n) is 5.22. The van der Waals surface area contributed by atoms with Gasteiger partial charge in [0, 0.05) is 12.1 Å². The first-order valence-corrected chi connectivity index (χ1v) is 5.56. The molecule has 2 atom stereocenters. The summed E-state index contributed by atoms with van der Waals surface area (Å²) in [4.78, 5) is 23.2. The molecule has 2 amide bonds. The van der Waals surface area contributed by atoms with Crippen LogP contribution >= 0.6 is 0 Å². The summed E-state index contributed by atoms with van der Waals surface area (Å²) in [7, 11) is 0. The summed E-state index contributed by atoms with van der Waals surface area (Å²) in [6, 6.07) is 0. The highest BCUT2D eigenvalue weighted by Gasteiger charge is 2.48. The van der Waals surface area contributed by atoms with Gasteiger partial charge in [-0.25, -0.2) is 0 Å². The monoisotopic (exact) mass is 224 g/mol. The zero-order valence-corrected chi connectivity index (χ0v) is 10.2. The Morgan fingerprint density at radius 1 is 1.31 bits per heavy atom. The van der Waals surface area contributed by atoms with Crippen LogP contribution in [-0.4, -0.2) is 23.9 Å². The van der Waals surface area contributed by atoms with Gasteiger partial charge in [0.2, 0.25) is 11.8 Å². The molecule has 4 heteroatoms. The van der Waals surface area contributed by atoms with Crippen molar-refractivity contribution in [3.05, 3.63) is 12.7 Å². The number of amides is 2. The van der Waals surface area contributed by atoms with Crippen LogP contribution in [0.2, 0.25) is 0 Å². The molecule has 1 fully saturated rings. The first-order valence-electron chi connectivity index (χ1n) is 5.56. The Hall–Kier alpha value is -1.32. The molecular formula is C12H20N2O2. The van der Waals surface area contributed by atoms with E-state index in [4.69, 9.17) is 0 Å². The molecule has 1 aliphatic carbocycles. The normalized spacial score (nSPS) is 23.4. The van der Waals surface area contributed by atoms with Crippen molar-refractivity contribution in [2.24, 2.45) is 11.8 Å². The number of rotatable bonds is 4. The summed E-state index contributed by atoms with van der Waals surface area (Å²) in [6.45, 7) is 9.77. The second kappa shape index (κ2) is 4.68. The summed E-state index contributed by atoms with van der Waals surface area (Å²) < 4.78 is 0. The molecule has 0 saturated heterocycles. The fourth-order valence-corrected chi connectivity index (χ4v) is 1.54. The molecule has 0 spiro atoms. The molecule has 0 aliphatic heterocycles. The first kappa shape index (κ1) is 12.7. The highest BCUT2D eigenvalue weighted by atomic mass is 16.2. The highest BCUT2D eigenvalue weighted by molar-refractivity contribution is 5.92. The Morgan fingerprint density at radius 3 is 2.38 bits per heavy atom. The topological polar surface area (TPSA) is 58.2 Å². The van der Waals surface area contributed by atoms with Crippen molar-refractivity contribution in [1.82, 2.24) is 10.6 Å². The van der Waals surface area contributed by atoms with Crippen LogP contribution in [0.5, 0.6) is 0 Å². The van der Waals surface area contributed by atoms with Gasteiger partial charge in [0.1, 0.15) is 0 Å². The smallest absolute Gasteiger partial charge is 0.224 e. The fourth-order valence-electron chi connectivity index (χ4n) is 1.54. The van der Waals surface area contributed by atoms with Gasteiger partial charge in [0.25, 0.3) is 0 Å². The van der Waals surface area contributed by atoms with E-state index in [1.165, 1.54) is 0 Å². The molecule has 16 heavy (non-hydrogen) atoms. The zero-order chi connectivity index (χ0) is 12.3. The van der Waals surface area contributed by atoms with Crippen molar-refractivity contribution in [2.75, 3.05) is 6.54 Å². The molecule has 0 aromatic carbocycles. The van der Waals surface area contributed by atoms with E-state index < -0.39 is 0 Å². The standard InChI is InChI=1S/C12H20N2O2/c1-5-6-13-10(15)8-7-9(8)11(16)14-12(2,3)4/h5,8-9H,1,6-7H2,2-4H3,(H,13,15)(H,14,16). The summed E-state index contributed by atoms with van der Waals surface area (Å²) in [5, 5.41) is 5.59. The SMILES string of the molecule is C=CCNC(=O)C1CC1C(=O)NC(C)(C)C. The van der Waals surface area contributed by atoms with E-state index >= 15 is 0 Å². The quantitative estimate of drug-likeness (QED) is 0.695. The van der Waals surface area contributed by atoms with Crippen molar-refractivity contribution >= 4 is 11.8 Å². The van der Waals surface area contributed by atoms with Gasteiger partial charge in [0.05, 0.1) is 11.8 Å². The Bertz CT molecular complexity index is 305. The Kier molecular flexibility index (Phi) is 3.73. The van der Waals surface area contributed by atoms with Crippen molar-refractivity contribution in [3.8, 4) is 0 Å². The highest BCUT2D eigenvalue weighted by Crippen LogP contribution is 2.39. The molecular weight excluding hydrogens is 204 g/mol. The second-order valence-corrected chi connectivity index (χ2v) is 5.22. The van der Waals surface area contributed by atoms with E-state index in [2.05, 4.69) is 17.2 Å². The van der Waals surface area contributed by atoms with Crippen molar-refractivity contribution in [1.29, 1.82) is 0 Å². The van der Waals surface area contributed by atoms with E-state index in [1.54, 1.807) is 6.08 Å². The molecule has 2 unspecified atom stereocenters. The van der Waals surface area contributed by atoms with Crippen molar-refractivity contribution < 1.29 is 9.59 Å².